The van der Waals surface area contributed by atoms with Crippen molar-refractivity contribution in [3.8, 4) is 5.69 Å². The predicted octanol–water partition coefficient (Wildman–Crippen LogP) is 2.89. The molecule has 1 aliphatic carbocycles. The van der Waals surface area contributed by atoms with E-state index in [0.29, 0.717) is 5.92 Å². The van der Waals surface area contributed by atoms with Gasteiger partial charge in [-0.2, -0.15) is 0 Å². The first-order chi connectivity index (χ1) is 10.8. The number of carbonyl (C=O) groups is 1. The molecular weight excluding hydrogens is 296 g/mol. The summed E-state index contributed by atoms with van der Waals surface area (Å²) < 4.78 is 2.09. The number of benzene rings is 1. The summed E-state index contributed by atoms with van der Waals surface area (Å²) in [6.07, 6.45) is 6.11. The SMILES string of the molecule is NC(=O)CSc1nnc(C2CCCCC2)n1-c1ccccc1. The molecule has 1 aromatic carbocycles. The molecule has 1 aliphatic rings. The van der Waals surface area contributed by atoms with E-state index in [1.54, 1.807) is 0 Å². The van der Waals surface area contributed by atoms with Crippen LogP contribution in [0.4, 0.5) is 0 Å². The van der Waals surface area contributed by atoms with E-state index < -0.39 is 0 Å². The lowest BCUT2D eigenvalue weighted by atomic mass is 9.88. The molecule has 5 nitrogen and oxygen atoms in total. The molecule has 2 aromatic rings. The second-order valence-corrected chi connectivity index (χ2v) is 6.54. The highest BCUT2D eigenvalue weighted by Crippen LogP contribution is 2.34. The zero-order valence-corrected chi connectivity index (χ0v) is 13.3. The van der Waals surface area contributed by atoms with Gasteiger partial charge in [0, 0.05) is 11.6 Å². The van der Waals surface area contributed by atoms with Gasteiger partial charge in [0.25, 0.3) is 0 Å². The van der Waals surface area contributed by atoms with Gasteiger partial charge in [-0.1, -0.05) is 49.2 Å². The number of rotatable bonds is 5. The highest BCUT2D eigenvalue weighted by molar-refractivity contribution is 7.99. The lowest BCUT2D eigenvalue weighted by molar-refractivity contribution is -0.115. The van der Waals surface area contributed by atoms with Gasteiger partial charge in [-0.3, -0.25) is 9.36 Å². The van der Waals surface area contributed by atoms with Crippen molar-refractivity contribution in [2.24, 2.45) is 5.73 Å². The van der Waals surface area contributed by atoms with Gasteiger partial charge in [0.1, 0.15) is 5.82 Å². The molecule has 0 saturated heterocycles. The lowest BCUT2D eigenvalue weighted by Crippen LogP contribution is -2.14. The van der Waals surface area contributed by atoms with Crippen LogP contribution in [-0.2, 0) is 4.79 Å². The van der Waals surface area contributed by atoms with Crippen LogP contribution in [0.1, 0.15) is 43.8 Å². The normalized spacial score (nSPS) is 15.8. The topological polar surface area (TPSA) is 73.8 Å². The average Bonchev–Trinajstić information content (AvgIpc) is 2.98. The minimum Gasteiger partial charge on any atom is -0.369 e. The second kappa shape index (κ2) is 6.96. The van der Waals surface area contributed by atoms with Crippen molar-refractivity contribution in [2.45, 2.75) is 43.2 Å². The van der Waals surface area contributed by atoms with Crippen LogP contribution in [0.5, 0.6) is 0 Å². The molecule has 2 N–H and O–H groups in total. The number of nitrogens with two attached hydrogens (primary N) is 1. The Balaban J connectivity index is 1.97. The summed E-state index contributed by atoms with van der Waals surface area (Å²) in [5.41, 5.74) is 6.30. The Bertz CT molecular complexity index is 635. The minimum absolute atomic E-state index is 0.218. The third-order valence-electron chi connectivity index (χ3n) is 3.99. The van der Waals surface area contributed by atoms with E-state index in [0.717, 1.165) is 29.5 Å². The predicted molar refractivity (Wildman–Crippen MR) is 87.1 cm³/mol. The number of carbonyl (C=O) groups excluding carboxylic acids is 1. The summed E-state index contributed by atoms with van der Waals surface area (Å²) in [6.45, 7) is 0. The fourth-order valence-electron chi connectivity index (χ4n) is 2.96. The summed E-state index contributed by atoms with van der Waals surface area (Å²) in [7, 11) is 0. The second-order valence-electron chi connectivity index (χ2n) is 5.60. The van der Waals surface area contributed by atoms with Crippen molar-refractivity contribution < 1.29 is 4.79 Å². The maximum absolute atomic E-state index is 11.1. The molecule has 1 fully saturated rings. The minimum atomic E-state index is -0.341. The molecule has 1 saturated carbocycles. The quantitative estimate of drug-likeness (QED) is 0.861. The van der Waals surface area contributed by atoms with Crippen LogP contribution < -0.4 is 5.73 Å². The maximum Gasteiger partial charge on any atom is 0.227 e. The first kappa shape index (κ1) is 15.1. The van der Waals surface area contributed by atoms with E-state index in [2.05, 4.69) is 14.8 Å². The molecule has 3 rings (SSSR count). The smallest absolute Gasteiger partial charge is 0.227 e. The highest BCUT2D eigenvalue weighted by Gasteiger charge is 2.24. The Morgan fingerprint density at radius 2 is 1.91 bits per heavy atom. The van der Waals surface area contributed by atoms with Crippen LogP contribution in [0, 0.1) is 0 Å². The van der Waals surface area contributed by atoms with Crippen LogP contribution in [-0.4, -0.2) is 26.4 Å². The molecule has 0 spiro atoms. The van der Waals surface area contributed by atoms with Crippen molar-refractivity contribution in [3.05, 3.63) is 36.2 Å². The van der Waals surface area contributed by atoms with Crippen molar-refractivity contribution in [3.63, 3.8) is 0 Å². The molecule has 116 valence electrons. The number of thioether (sulfide) groups is 1. The first-order valence-corrected chi connectivity index (χ1v) is 8.66. The van der Waals surface area contributed by atoms with Crippen LogP contribution >= 0.6 is 11.8 Å². The molecule has 22 heavy (non-hydrogen) atoms. The van der Waals surface area contributed by atoms with E-state index in [4.69, 9.17) is 5.73 Å². The summed E-state index contributed by atoms with van der Waals surface area (Å²) in [6, 6.07) is 10.1. The van der Waals surface area contributed by atoms with Crippen molar-refractivity contribution in [1.82, 2.24) is 14.8 Å². The summed E-state index contributed by atoms with van der Waals surface area (Å²) in [5, 5.41) is 9.48. The molecule has 0 aliphatic heterocycles. The van der Waals surface area contributed by atoms with Crippen LogP contribution in [0.3, 0.4) is 0 Å². The Kier molecular flexibility index (Phi) is 4.77. The zero-order chi connectivity index (χ0) is 15.4. The summed E-state index contributed by atoms with van der Waals surface area (Å²) >= 11 is 1.35. The van der Waals surface area contributed by atoms with Crippen LogP contribution in [0.25, 0.3) is 5.69 Å². The van der Waals surface area contributed by atoms with Gasteiger partial charge in [0.2, 0.25) is 5.91 Å². The summed E-state index contributed by atoms with van der Waals surface area (Å²) in [4.78, 5) is 11.1. The fourth-order valence-corrected chi connectivity index (χ4v) is 3.65. The number of aromatic nitrogens is 3. The van der Waals surface area contributed by atoms with E-state index in [1.165, 1.54) is 31.0 Å². The third-order valence-corrected chi connectivity index (χ3v) is 4.94. The fraction of sp³-hybridized carbons (Fsp3) is 0.438. The molecule has 1 amide bonds. The monoisotopic (exact) mass is 316 g/mol. The van der Waals surface area contributed by atoms with E-state index >= 15 is 0 Å². The van der Waals surface area contributed by atoms with Gasteiger partial charge in [-0.05, 0) is 25.0 Å². The Hall–Kier alpha value is -1.82. The van der Waals surface area contributed by atoms with Crippen molar-refractivity contribution in [2.75, 3.05) is 5.75 Å². The molecule has 6 heteroatoms. The number of amides is 1. The molecule has 1 aromatic heterocycles. The largest absolute Gasteiger partial charge is 0.369 e. The number of hydrogen-bond donors (Lipinski definition) is 1. The zero-order valence-electron chi connectivity index (χ0n) is 12.4. The van der Waals surface area contributed by atoms with Crippen LogP contribution in [0.2, 0.25) is 0 Å². The number of primary amides is 1. The Morgan fingerprint density at radius 1 is 1.18 bits per heavy atom. The molecule has 0 bridgehead atoms. The molecular formula is C16H20N4OS. The number of nitrogens with zero attached hydrogens (tertiary/aromatic N) is 3. The lowest BCUT2D eigenvalue weighted by Gasteiger charge is -2.22. The van der Waals surface area contributed by atoms with E-state index in [1.807, 2.05) is 30.3 Å². The molecule has 1 heterocycles. The van der Waals surface area contributed by atoms with Gasteiger partial charge >= 0.3 is 0 Å². The van der Waals surface area contributed by atoms with Gasteiger partial charge < -0.3 is 5.73 Å². The number of hydrogen-bond acceptors (Lipinski definition) is 4. The van der Waals surface area contributed by atoms with Crippen molar-refractivity contribution in [1.29, 1.82) is 0 Å². The number of para-hydroxylation sites is 1. The third kappa shape index (κ3) is 3.32. The van der Waals surface area contributed by atoms with Gasteiger partial charge in [0.15, 0.2) is 5.16 Å². The highest BCUT2D eigenvalue weighted by atomic mass is 32.2. The van der Waals surface area contributed by atoms with Crippen molar-refractivity contribution >= 4 is 17.7 Å². The van der Waals surface area contributed by atoms with E-state index in [9.17, 15) is 4.79 Å². The van der Waals surface area contributed by atoms with Gasteiger partial charge in [-0.25, -0.2) is 0 Å². The van der Waals surface area contributed by atoms with E-state index in [-0.39, 0.29) is 11.7 Å². The Morgan fingerprint density at radius 3 is 2.59 bits per heavy atom. The molecule has 0 radical (unpaired) electrons. The molecule has 0 unspecified atom stereocenters. The first-order valence-electron chi connectivity index (χ1n) is 7.67. The summed E-state index contributed by atoms with van der Waals surface area (Å²) in [5.74, 6) is 1.34. The van der Waals surface area contributed by atoms with Crippen LogP contribution in [0.15, 0.2) is 35.5 Å². The van der Waals surface area contributed by atoms with Gasteiger partial charge in [0.05, 0.1) is 5.75 Å². The maximum atomic E-state index is 11.1. The van der Waals surface area contributed by atoms with Gasteiger partial charge in [-0.15, -0.1) is 10.2 Å². The average molecular weight is 316 g/mol. The Labute approximate surface area is 134 Å². The standard InChI is InChI=1S/C16H20N4OS/c17-14(21)11-22-16-19-18-15(12-7-3-1-4-8-12)20(16)13-9-5-2-6-10-13/h2,5-6,9-10,12H,1,3-4,7-8,11H2,(H2,17,21). The molecule has 0 atom stereocenters.